The van der Waals surface area contributed by atoms with Gasteiger partial charge in [-0.05, 0) is 43.7 Å². The van der Waals surface area contributed by atoms with E-state index < -0.39 is 0 Å². The molecule has 1 amide bonds. The number of methoxy groups -OCH3 is 3. The van der Waals surface area contributed by atoms with Crippen LogP contribution in [-0.4, -0.2) is 32.4 Å². The maximum atomic E-state index is 12.5. The molecule has 0 aliphatic rings. The zero-order valence-corrected chi connectivity index (χ0v) is 17.1. The predicted molar refractivity (Wildman–Crippen MR) is 105 cm³/mol. The Hall–Kier alpha value is -3.42. The fourth-order valence-electron chi connectivity index (χ4n) is 3.03. The molecule has 0 fully saturated rings. The van der Waals surface area contributed by atoms with Crippen molar-refractivity contribution in [3.8, 4) is 17.2 Å². The second-order valence-electron chi connectivity index (χ2n) is 6.46. The fraction of sp³-hybridized carbons (Fsp3) is 0.333. The van der Waals surface area contributed by atoms with Crippen LogP contribution in [0.5, 0.6) is 17.2 Å². The van der Waals surface area contributed by atoms with Crippen molar-refractivity contribution < 1.29 is 27.9 Å². The number of carbonyl (C=O) groups excluding carboxylic acids is 1. The second kappa shape index (κ2) is 8.72. The van der Waals surface area contributed by atoms with Gasteiger partial charge < -0.3 is 28.5 Å². The summed E-state index contributed by atoms with van der Waals surface area (Å²) >= 11 is 0. The minimum Gasteiger partial charge on any atom is -0.493 e. The monoisotopic (exact) mass is 400 g/mol. The van der Waals surface area contributed by atoms with E-state index in [2.05, 4.69) is 10.5 Å². The molecule has 3 aromatic rings. The van der Waals surface area contributed by atoms with Crippen LogP contribution in [0.15, 0.2) is 33.2 Å². The lowest BCUT2D eigenvalue weighted by molar-refractivity contribution is 0.0921. The van der Waals surface area contributed by atoms with Gasteiger partial charge in [0.2, 0.25) is 5.75 Å². The maximum Gasteiger partial charge on any atom is 0.287 e. The topological polar surface area (TPSA) is 96.0 Å². The fourth-order valence-corrected chi connectivity index (χ4v) is 3.03. The molecule has 29 heavy (non-hydrogen) atoms. The molecule has 1 N–H and O–H groups in total. The first-order chi connectivity index (χ1) is 14.0. The van der Waals surface area contributed by atoms with Crippen LogP contribution in [0.4, 0.5) is 0 Å². The van der Waals surface area contributed by atoms with Crippen molar-refractivity contribution in [2.45, 2.75) is 26.8 Å². The second-order valence-corrected chi connectivity index (χ2v) is 6.46. The van der Waals surface area contributed by atoms with Gasteiger partial charge >= 0.3 is 0 Å². The third-order valence-corrected chi connectivity index (χ3v) is 4.60. The zero-order chi connectivity index (χ0) is 21.0. The molecule has 154 valence electrons. The quantitative estimate of drug-likeness (QED) is 0.619. The Morgan fingerprint density at radius 2 is 1.76 bits per heavy atom. The van der Waals surface area contributed by atoms with Gasteiger partial charge in [-0.1, -0.05) is 5.16 Å². The Balaban J connectivity index is 1.68. The molecule has 0 spiro atoms. The Bertz CT molecular complexity index is 960. The van der Waals surface area contributed by atoms with Gasteiger partial charge in [-0.3, -0.25) is 4.79 Å². The van der Waals surface area contributed by atoms with Crippen molar-refractivity contribution in [3.63, 3.8) is 0 Å². The minimum atomic E-state index is -0.316. The third kappa shape index (κ3) is 4.37. The highest BCUT2D eigenvalue weighted by Gasteiger charge is 2.17. The van der Waals surface area contributed by atoms with Crippen molar-refractivity contribution in [1.29, 1.82) is 0 Å². The van der Waals surface area contributed by atoms with Crippen LogP contribution in [0.25, 0.3) is 0 Å². The van der Waals surface area contributed by atoms with Gasteiger partial charge in [-0.15, -0.1) is 0 Å². The molecule has 2 aromatic heterocycles. The van der Waals surface area contributed by atoms with E-state index in [1.54, 1.807) is 45.6 Å². The smallest absolute Gasteiger partial charge is 0.287 e. The molecule has 3 rings (SSSR count). The van der Waals surface area contributed by atoms with E-state index >= 15 is 0 Å². The Labute approximate surface area is 168 Å². The molecular formula is C21H24N2O6. The van der Waals surface area contributed by atoms with Gasteiger partial charge in [0.1, 0.15) is 11.5 Å². The molecule has 0 atom stereocenters. The number of amides is 1. The summed E-state index contributed by atoms with van der Waals surface area (Å²) in [5.41, 5.74) is 2.58. The summed E-state index contributed by atoms with van der Waals surface area (Å²) in [7, 11) is 4.63. The summed E-state index contributed by atoms with van der Waals surface area (Å²) in [6.45, 7) is 4.00. The first-order valence-corrected chi connectivity index (χ1v) is 9.04. The molecule has 0 aliphatic carbocycles. The van der Waals surface area contributed by atoms with Crippen molar-refractivity contribution in [1.82, 2.24) is 10.5 Å². The zero-order valence-electron chi connectivity index (χ0n) is 17.1. The van der Waals surface area contributed by atoms with Crippen molar-refractivity contribution in [3.05, 3.63) is 58.4 Å². The van der Waals surface area contributed by atoms with Crippen LogP contribution in [0.1, 0.15) is 38.9 Å². The maximum absolute atomic E-state index is 12.5. The lowest BCUT2D eigenvalue weighted by Crippen LogP contribution is -2.22. The molecular weight excluding hydrogens is 376 g/mol. The SMILES string of the molecule is COc1cc(CNC(=O)c2ccc(Cc3c(C)noc3C)o2)cc(OC)c1OC. The third-order valence-electron chi connectivity index (χ3n) is 4.60. The summed E-state index contributed by atoms with van der Waals surface area (Å²) < 4.78 is 26.8. The van der Waals surface area contributed by atoms with Gasteiger partial charge in [0, 0.05) is 18.5 Å². The molecule has 0 saturated heterocycles. The molecule has 0 saturated carbocycles. The van der Waals surface area contributed by atoms with Gasteiger partial charge in [-0.2, -0.15) is 0 Å². The average Bonchev–Trinajstić information content (AvgIpc) is 3.33. The summed E-state index contributed by atoms with van der Waals surface area (Å²) in [5, 5.41) is 6.77. The summed E-state index contributed by atoms with van der Waals surface area (Å²) in [4.78, 5) is 12.5. The van der Waals surface area contributed by atoms with Crippen molar-refractivity contribution in [2.24, 2.45) is 0 Å². The van der Waals surface area contributed by atoms with Crippen LogP contribution in [0, 0.1) is 13.8 Å². The Morgan fingerprint density at radius 3 is 2.31 bits per heavy atom. The van der Waals surface area contributed by atoms with E-state index in [-0.39, 0.29) is 18.2 Å². The highest BCUT2D eigenvalue weighted by molar-refractivity contribution is 5.91. The first kappa shape index (κ1) is 20.3. The molecule has 1 aromatic carbocycles. The molecule has 0 unspecified atom stereocenters. The van der Waals surface area contributed by atoms with Gasteiger partial charge in [0.15, 0.2) is 17.3 Å². The number of rotatable bonds is 8. The lowest BCUT2D eigenvalue weighted by atomic mass is 10.1. The predicted octanol–water partition coefficient (Wildman–Crippen LogP) is 3.43. The van der Waals surface area contributed by atoms with Crippen LogP contribution in [0.2, 0.25) is 0 Å². The number of benzene rings is 1. The van der Waals surface area contributed by atoms with E-state index in [4.69, 9.17) is 23.2 Å². The number of hydrogen-bond acceptors (Lipinski definition) is 7. The number of hydrogen-bond donors (Lipinski definition) is 1. The van der Waals surface area contributed by atoms with Crippen LogP contribution < -0.4 is 19.5 Å². The lowest BCUT2D eigenvalue weighted by Gasteiger charge is -2.14. The average molecular weight is 400 g/mol. The van der Waals surface area contributed by atoms with E-state index in [0.29, 0.717) is 29.4 Å². The summed E-state index contributed by atoms with van der Waals surface area (Å²) in [6, 6.07) is 7.00. The van der Waals surface area contributed by atoms with Gasteiger partial charge in [0.05, 0.1) is 27.0 Å². The number of aromatic nitrogens is 1. The van der Waals surface area contributed by atoms with Crippen LogP contribution >= 0.6 is 0 Å². The van der Waals surface area contributed by atoms with E-state index in [9.17, 15) is 4.79 Å². The summed E-state index contributed by atoms with van der Waals surface area (Å²) in [5.74, 6) is 2.87. The number of ether oxygens (including phenoxy) is 3. The van der Waals surface area contributed by atoms with Crippen molar-refractivity contribution >= 4 is 5.91 Å². The van der Waals surface area contributed by atoms with Crippen LogP contribution in [-0.2, 0) is 13.0 Å². The number of nitrogens with zero attached hydrogens (tertiary/aromatic N) is 1. The van der Waals surface area contributed by atoms with Crippen LogP contribution in [0.3, 0.4) is 0 Å². The molecule has 8 nitrogen and oxygen atoms in total. The molecule has 0 radical (unpaired) electrons. The largest absolute Gasteiger partial charge is 0.493 e. The highest BCUT2D eigenvalue weighted by atomic mass is 16.5. The minimum absolute atomic E-state index is 0.235. The van der Waals surface area contributed by atoms with E-state index in [1.807, 2.05) is 13.8 Å². The number of carbonyl (C=O) groups is 1. The van der Waals surface area contributed by atoms with Gasteiger partial charge in [0.25, 0.3) is 5.91 Å². The number of furan rings is 1. The molecule has 0 bridgehead atoms. The van der Waals surface area contributed by atoms with Gasteiger partial charge in [-0.25, -0.2) is 0 Å². The highest BCUT2D eigenvalue weighted by Crippen LogP contribution is 2.38. The number of aryl methyl sites for hydroxylation is 2. The Kier molecular flexibility index (Phi) is 6.11. The van der Waals surface area contributed by atoms with E-state index in [1.165, 1.54) is 0 Å². The van der Waals surface area contributed by atoms with E-state index in [0.717, 1.165) is 22.6 Å². The van der Waals surface area contributed by atoms with Crippen molar-refractivity contribution in [2.75, 3.05) is 21.3 Å². The normalized spacial score (nSPS) is 10.7. The molecule has 8 heteroatoms. The molecule has 0 aliphatic heterocycles. The number of nitrogens with one attached hydrogen (secondary N) is 1. The standard InChI is InChI=1S/C21H24N2O6/c1-12-16(13(2)29-23-12)10-15-6-7-17(28-15)21(24)22-11-14-8-18(25-3)20(27-5)19(9-14)26-4/h6-9H,10-11H2,1-5H3,(H,22,24). The molecule has 2 heterocycles. The first-order valence-electron chi connectivity index (χ1n) is 9.04. The summed E-state index contributed by atoms with van der Waals surface area (Å²) in [6.07, 6.45) is 0.515. The Morgan fingerprint density at radius 1 is 1.07 bits per heavy atom.